The molecule has 1 unspecified atom stereocenters. The van der Waals surface area contributed by atoms with Crippen molar-refractivity contribution in [2.45, 2.75) is 31.7 Å². The van der Waals surface area contributed by atoms with Crippen LogP contribution in [0, 0.1) is 0 Å². The number of nitrogens with zero attached hydrogens (tertiary/aromatic N) is 2. The summed E-state index contributed by atoms with van der Waals surface area (Å²) < 4.78 is 1.86. The Bertz CT molecular complexity index is 903. The fourth-order valence-electron chi connectivity index (χ4n) is 3.64. The summed E-state index contributed by atoms with van der Waals surface area (Å²) in [6, 6.07) is 18.4. The van der Waals surface area contributed by atoms with Gasteiger partial charge < -0.3 is 10.6 Å². The number of urea groups is 1. The number of carbonyl (C=O) groups is 1. The summed E-state index contributed by atoms with van der Waals surface area (Å²) in [7, 11) is 0. The Kier molecular flexibility index (Phi) is 5.19. The van der Waals surface area contributed by atoms with Gasteiger partial charge in [0.25, 0.3) is 0 Å². The summed E-state index contributed by atoms with van der Waals surface area (Å²) in [6.45, 7) is 0.584. The molecule has 2 aromatic carbocycles. The zero-order chi connectivity index (χ0) is 18.5. The van der Waals surface area contributed by atoms with Crippen molar-refractivity contribution in [1.29, 1.82) is 0 Å². The Morgan fingerprint density at radius 3 is 2.81 bits per heavy atom. The number of benzene rings is 2. The van der Waals surface area contributed by atoms with E-state index < -0.39 is 0 Å². The number of para-hydroxylation sites is 1. The molecule has 0 saturated heterocycles. The molecule has 2 amide bonds. The second-order valence-corrected chi connectivity index (χ2v) is 6.92. The van der Waals surface area contributed by atoms with Crippen LogP contribution >= 0.6 is 0 Å². The van der Waals surface area contributed by atoms with Gasteiger partial charge in [-0.25, -0.2) is 9.48 Å². The van der Waals surface area contributed by atoms with Crippen molar-refractivity contribution in [3.05, 3.63) is 83.7 Å². The van der Waals surface area contributed by atoms with Crippen molar-refractivity contribution in [2.24, 2.45) is 0 Å². The van der Waals surface area contributed by atoms with Gasteiger partial charge in [-0.2, -0.15) is 5.10 Å². The molecule has 1 aliphatic rings. The largest absolute Gasteiger partial charge is 0.338 e. The lowest BCUT2D eigenvalue weighted by Gasteiger charge is -2.26. The van der Waals surface area contributed by atoms with Gasteiger partial charge in [0.15, 0.2) is 0 Å². The highest BCUT2D eigenvalue weighted by atomic mass is 16.2. The van der Waals surface area contributed by atoms with Crippen LogP contribution in [0.4, 0.5) is 4.79 Å². The molecular formula is C22H24N4O. The summed E-state index contributed by atoms with van der Waals surface area (Å²) in [5, 5.41) is 10.5. The molecule has 5 heteroatoms. The van der Waals surface area contributed by atoms with Crippen molar-refractivity contribution in [1.82, 2.24) is 20.4 Å². The highest BCUT2D eigenvalue weighted by Crippen LogP contribution is 2.29. The van der Waals surface area contributed by atoms with Crippen LogP contribution < -0.4 is 10.6 Å². The third-order valence-electron chi connectivity index (χ3n) is 5.03. The minimum absolute atomic E-state index is 0.104. The van der Waals surface area contributed by atoms with E-state index in [0.717, 1.165) is 36.9 Å². The van der Waals surface area contributed by atoms with Gasteiger partial charge in [-0.3, -0.25) is 0 Å². The van der Waals surface area contributed by atoms with Crippen molar-refractivity contribution in [3.8, 4) is 5.69 Å². The van der Waals surface area contributed by atoms with Crippen molar-refractivity contribution >= 4 is 6.03 Å². The molecule has 0 radical (unpaired) electrons. The molecule has 1 atom stereocenters. The Morgan fingerprint density at radius 1 is 1.11 bits per heavy atom. The van der Waals surface area contributed by atoms with E-state index in [2.05, 4.69) is 33.9 Å². The molecular weight excluding hydrogens is 336 g/mol. The van der Waals surface area contributed by atoms with E-state index in [1.165, 1.54) is 11.1 Å². The zero-order valence-electron chi connectivity index (χ0n) is 15.3. The van der Waals surface area contributed by atoms with Crippen LogP contribution in [0.25, 0.3) is 5.69 Å². The predicted molar refractivity (Wildman–Crippen MR) is 106 cm³/mol. The molecule has 0 saturated carbocycles. The maximum atomic E-state index is 12.3. The Morgan fingerprint density at radius 2 is 1.93 bits per heavy atom. The van der Waals surface area contributed by atoms with Crippen molar-refractivity contribution in [2.75, 3.05) is 6.54 Å². The SMILES string of the molecule is O=C(NCCc1cnn(-c2ccccc2)c1)NC1CCCc2ccccc21. The first kappa shape index (κ1) is 17.3. The molecule has 2 N–H and O–H groups in total. The average molecular weight is 360 g/mol. The second-order valence-electron chi connectivity index (χ2n) is 6.92. The molecule has 5 nitrogen and oxygen atoms in total. The van der Waals surface area contributed by atoms with Gasteiger partial charge in [0.1, 0.15) is 0 Å². The molecule has 1 aromatic heterocycles. The van der Waals surface area contributed by atoms with Crippen LogP contribution in [-0.4, -0.2) is 22.4 Å². The first-order valence-corrected chi connectivity index (χ1v) is 9.51. The van der Waals surface area contributed by atoms with Gasteiger partial charge in [-0.15, -0.1) is 0 Å². The van der Waals surface area contributed by atoms with E-state index in [4.69, 9.17) is 0 Å². The number of aryl methyl sites for hydroxylation is 1. The van der Waals surface area contributed by atoms with Crippen LogP contribution in [0.2, 0.25) is 0 Å². The molecule has 138 valence electrons. The fraction of sp³-hybridized carbons (Fsp3) is 0.273. The molecule has 1 aliphatic carbocycles. The Labute approximate surface area is 159 Å². The predicted octanol–water partition coefficient (Wildman–Crippen LogP) is 3.79. The molecule has 0 spiro atoms. The molecule has 4 rings (SSSR count). The highest BCUT2D eigenvalue weighted by Gasteiger charge is 2.21. The number of nitrogens with one attached hydrogen (secondary N) is 2. The highest BCUT2D eigenvalue weighted by molar-refractivity contribution is 5.74. The molecule has 3 aromatic rings. The minimum Gasteiger partial charge on any atom is -0.338 e. The number of rotatable bonds is 5. The molecule has 0 aliphatic heterocycles. The minimum atomic E-state index is -0.104. The smallest absolute Gasteiger partial charge is 0.315 e. The average Bonchev–Trinajstić information content (AvgIpc) is 3.18. The standard InChI is InChI=1S/C22H24N4O/c27-22(25-21-12-6-8-18-7-4-5-11-20(18)21)23-14-13-17-15-24-26(16-17)19-9-2-1-3-10-19/h1-5,7,9-11,15-16,21H,6,8,12-14H2,(H2,23,25,27). The number of carbonyl (C=O) groups excluding carboxylic acids is 1. The van der Waals surface area contributed by atoms with E-state index >= 15 is 0 Å². The monoisotopic (exact) mass is 360 g/mol. The quantitative estimate of drug-likeness (QED) is 0.727. The molecule has 1 heterocycles. The summed E-state index contributed by atoms with van der Waals surface area (Å²) in [5.41, 5.74) is 4.73. The zero-order valence-corrected chi connectivity index (χ0v) is 15.3. The van der Waals surface area contributed by atoms with Gasteiger partial charge in [0.2, 0.25) is 0 Å². The summed E-state index contributed by atoms with van der Waals surface area (Å²) in [4.78, 5) is 12.3. The number of aromatic nitrogens is 2. The van der Waals surface area contributed by atoms with Crippen LogP contribution in [0.15, 0.2) is 67.0 Å². The van der Waals surface area contributed by atoms with Gasteiger partial charge in [-0.05, 0) is 54.5 Å². The summed E-state index contributed by atoms with van der Waals surface area (Å²) >= 11 is 0. The summed E-state index contributed by atoms with van der Waals surface area (Å²) in [5.74, 6) is 0. The first-order chi connectivity index (χ1) is 13.3. The van der Waals surface area contributed by atoms with Gasteiger partial charge in [0, 0.05) is 12.7 Å². The third-order valence-corrected chi connectivity index (χ3v) is 5.03. The lowest BCUT2D eigenvalue weighted by molar-refractivity contribution is 0.235. The van der Waals surface area contributed by atoms with Gasteiger partial charge in [-0.1, -0.05) is 42.5 Å². The maximum Gasteiger partial charge on any atom is 0.315 e. The number of hydrogen-bond acceptors (Lipinski definition) is 2. The van der Waals surface area contributed by atoms with Crippen LogP contribution in [-0.2, 0) is 12.8 Å². The fourth-order valence-corrected chi connectivity index (χ4v) is 3.64. The lowest BCUT2D eigenvalue weighted by Crippen LogP contribution is -2.39. The van der Waals surface area contributed by atoms with E-state index in [1.54, 1.807) is 0 Å². The normalized spacial score (nSPS) is 15.8. The van der Waals surface area contributed by atoms with E-state index in [1.807, 2.05) is 53.5 Å². The number of hydrogen-bond donors (Lipinski definition) is 2. The van der Waals surface area contributed by atoms with Crippen molar-refractivity contribution in [3.63, 3.8) is 0 Å². The maximum absolute atomic E-state index is 12.3. The topological polar surface area (TPSA) is 59.0 Å². The molecule has 27 heavy (non-hydrogen) atoms. The lowest BCUT2D eigenvalue weighted by atomic mass is 9.88. The van der Waals surface area contributed by atoms with Crippen LogP contribution in [0.5, 0.6) is 0 Å². The number of fused-ring (bicyclic) bond motifs is 1. The first-order valence-electron chi connectivity index (χ1n) is 9.51. The Balaban J connectivity index is 1.28. The molecule has 0 bridgehead atoms. The summed E-state index contributed by atoms with van der Waals surface area (Å²) in [6.07, 6.45) is 7.81. The molecule has 0 fully saturated rings. The van der Waals surface area contributed by atoms with Crippen LogP contribution in [0.3, 0.4) is 0 Å². The van der Waals surface area contributed by atoms with Crippen molar-refractivity contribution < 1.29 is 4.79 Å². The number of amides is 2. The van der Waals surface area contributed by atoms with Gasteiger partial charge in [0.05, 0.1) is 17.9 Å². The van der Waals surface area contributed by atoms with E-state index in [-0.39, 0.29) is 12.1 Å². The van der Waals surface area contributed by atoms with E-state index in [9.17, 15) is 4.79 Å². The third kappa shape index (κ3) is 4.19. The Hall–Kier alpha value is -3.08. The van der Waals surface area contributed by atoms with Crippen LogP contribution in [0.1, 0.15) is 35.6 Å². The van der Waals surface area contributed by atoms with Gasteiger partial charge >= 0.3 is 6.03 Å². The second kappa shape index (κ2) is 8.08. The van der Waals surface area contributed by atoms with E-state index in [0.29, 0.717) is 6.54 Å².